The molecule has 2 N–H and O–H groups in total. The minimum atomic E-state index is -5.06. The maximum atomic E-state index is 13.0. The van der Waals surface area contributed by atoms with Gasteiger partial charge in [0.1, 0.15) is 0 Å². The van der Waals surface area contributed by atoms with Crippen LogP contribution in [0.1, 0.15) is 18.3 Å². The summed E-state index contributed by atoms with van der Waals surface area (Å²) in [6.45, 7) is 1.26. The number of alkyl halides is 6. The molecule has 164 valence electrons. The van der Waals surface area contributed by atoms with E-state index in [1.165, 1.54) is 11.6 Å². The van der Waals surface area contributed by atoms with E-state index in [0.29, 0.717) is 12.1 Å². The van der Waals surface area contributed by atoms with E-state index >= 15 is 0 Å². The third-order valence-electron chi connectivity index (χ3n) is 3.08. The molecule has 0 aliphatic rings. The van der Waals surface area contributed by atoms with E-state index in [9.17, 15) is 39.6 Å². The number of halogens is 6. The van der Waals surface area contributed by atoms with Gasteiger partial charge in [0, 0.05) is 0 Å². The minimum Gasteiger partial charge on any atom is -0.464 e. The maximum Gasteiger partial charge on any atom is 0.451 e. The monoisotopic (exact) mass is 459 g/mol. The van der Waals surface area contributed by atoms with Gasteiger partial charge in [0.15, 0.2) is 0 Å². The van der Waals surface area contributed by atoms with Gasteiger partial charge < -0.3 is 4.74 Å². The topological polar surface area (TPSA) is 123 Å². The van der Waals surface area contributed by atoms with E-state index in [2.05, 4.69) is 15.0 Å². The summed E-state index contributed by atoms with van der Waals surface area (Å²) >= 11 is 0. The zero-order valence-electron chi connectivity index (χ0n) is 14.7. The van der Waals surface area contributed by atoms with Gasteiger partial charge in [0.25, 0.3) is 10.0 Å². The molecule has 2 amide bonds. The van der Waals surface area contributed by atoms with Gasteiger partial charge in [-0.05, 0) is 19.1 Å². The number of aromatic nitrogens is 3. The number of amides is 2. The summed E-state index contributed by atoms with van der Waals surface area (Å²) in [5, 5.41) is 1.58. The average Bonchev–Trinajstić information content (AvgIpc) is 2.60. The van der Waals surface area contributed by atoms with Crippen molar-refractivity contribution in [3.8, 4) is 6.01 Å². The molecule has 1 aromatic carbocycles. The van der Waals surface area contributed by atoms with Crippen LogP contribution in [0.5, 0.6) is 6.01 Å². The zero-order chi connectivity index (χ0) is 22.7. The second-order valence-electron chi connectivity index (χ2n) is 5.25. The Morgan fingerprint density at radius 3 is 2.23 bits per heavy atom. The molecule has 0 aliphatic carbocycles. The maximum absolute atomic E-state index is 13.0. The SMILES string of the molecule is CCOc1nc(NC(=O)NS(=O)(=O)c2ccccc2C(F)(F)F)nc(C(F)(F)F)n1. The van der Waals surface area contributed by atoms with E-state index in [4.69, 9.17) is 4.74 Å². The molecule has 0 bridgehead atoms. The van der Waals surface area contributed by atoms with Crippen molar-refractivity contribution in [2.24, 2.45) is 0 Å². The van der Waals surface area contributed by atoms with Crippen molar-refractivity contribution >= 4 is 22.0 Å². The van der Waals surface area contributed by atoms with E-state index in [1.54, 1.807) is 5.32 Å². The third-order valence-corrected chi connectivity index (χ3v) is 4.47. The number of nitrogens with one attached hydrogen (secondary N) is 2. The Bertz CT molecular complexity index is 1040. The number of benzene rings is 1. The van der Waals surface area contributed by atoms with Crippen LogP contribution < -0.4 is 14.8 Å². The van der Waals surface area contributed by atoms with E-state index in [1.807, 2.05) is 0 Å². The molecule has 0 saturated heterocycles. The summed E-state index contributed by atoms with van der Waals surface area (Å²) in [5.41, 5.74) is -1.55. The molecule has 1 aromatic heterocycles. The van der Waals surface area contributed by atoms with Gasteiger partial charge in [-0.25, -0.2) is 17.9 Å². The molecular weight excluding hydrogens is 448 g/mol. The molecule has 0 saturated carbocycles. The predicted molar refractivity (Wildman–Crippen MR) is 86.8 cm³/mol. The number of carbonyl (C=O) groups is 1. The fourth-order valence-electron chi connectivity index (χ4n) is 1.97. The van der Waals surface area contributed by atoms with Crippen molar-refractivity contribution in [2.45, 2.75) is 24.2 Å². The number of carbonyl (C=O) groups excluding carboxylic acids is 1. The van der Waals surface area contributed by atoms with Crippen LogP contribution in [0.4, 0.5) is 37.1 Å². The van der Waals surface area contributed by atoms with Gasteiger partial charge in [-0.15, -0.1) is 0 Å². The Kier molecular flexibility index (Phi) is 6.39. The Morgan fingerprint density at radius 1 is 1.03 bits per heavy atom. The van der Waals surface area contributed by atoms with Crippen LogP contribution in [0.2, 0.25) is 0 Å². The van der Waals surface area contributed by atoms with Gasteiger partial charge in [-0.1, -0.05) is 12.1 Å². The number of ether oxygens (including phenoxy) is 1. The standard InChI is InChI=1S/C14H11F6N5O4S/c1-2-29-12-22-9(14(18,19)20)21-10(24-12)23-11(26)25-30(27,28)8-6-4-3-5-7(8)13(15,16)17/h3-6H,2H2,1H3,(H2,21,22,23,24,25,26). The molecule has 2 rings (SSSR count). The lowest BCUT2D eigenvalue weighted by atomic mass is 10.2. The van der Waals surface area contributed by atoms with Crippen LogP contribution in [0, 0.1) is 0 Å². The number of urea groups is 1. The molecule has 16 heteroatoms. The Morgan fingerprint density at radius 2 is 1.67 bits per heavy atom. The van der Waals surface area contributed by atoms with Crippen molar-refractivity contribution in [3.63, 3.8) is 0 Å². The summed E-state index contributed by atoms with van der Waals surface area (Å²) in [5.74, 6) is -2.79. The Hall–Kier alpha value is -3.17. The fraction of sp³-hybridized carbons (Fsp3) is 0.286. The second kappa shape index (κ2) is 8.29. The molecule has 2 aromatic rings. The van der Waals surface area contributed by atoms with Gasteiger partial charge in [0.2, 0.25) is 11.8 Å². The highest BCUT2D eigenvalue weighted by Gasteiger charge is 2.38. The van der Waals surface area contributed by atoms with Crippen molar-refractivity contribution in [1.29, 1.82) is 0 Å². The van der Waals surface area contributed by atoms with Crippen molar-refractivity contribution < 1.29 is 44.3 Å². The molecule has 0 atom stereocenters. The lowest BCUT2D eigenvalue weighted by molar-refractivity contribution is -0.145. The summed E-state index contributed by atoms with van der Waals surface area (Å²) in [4.78, 5) is 19.9. The predicted octanol–water partition coefficient (Wildman–Crippen LogP) is 2.82. The van der Waals surface area contributed by atoms with Gasteiger partial charge in [-0.3, -0.25) is 5.32 Å². The highest BCUT2D eigenvalue weighted by molar-refractivity contribution is 7.90. The van der Waals surface area contributed by atoms with Crippen LogP contribution in [-0.2, 0) is 22.4 Å². The number of rotatable bonds is 5. The molecule has 0 radical (unpaired) electrons. The Balaban J connectivity index is 2.31. The normalized spacial score (nSPS) is 12.4. The van der Waals surface area contributed by atoms with Crippen LogP contribution in [0.15, 0.2) is 29.2 Å². The summed E-state index contributed by atoms with van der Waals surface area (Å²) in [7, 11) is -5.06. The lowest BCUT2D eigenvalue weighted by Gasteiger charge is -2.14. The largest absolute Gasteiger partial charge is 0.464 e. The lowest BCUT2D eigenvalue weighted by Crippen LogP contribution is -2.36. The molecule has 0 aliphatic heterocycles. The number of hydrogen-bond donors (Lipinski definition) is 2. The van der Waals surface area contributed by atoms with Crippen LogP contribution in [-0.4, -0.2) is 36.0 Å². The number of hydrogen-bond acceptors (Lipinski definition) is 7. The Labute approximate surface area is 164 Å². The van der Waals surface area contributed by atoms with Crippen LogP contribution >= 0.6 is 0 Å². The molecule has 1 heterocycles. The van der Waals surface area contributed by atoms with Crippen LogP contribution in [0.3, 0.4) is 0 Å². The first-order valence-corrected chi connectivity index (χ1v) is 9.18. The molecule has 0 fully saturated rings. The first-order valence-electron chi connectivity index (χ1n) is 7.70. The summed E-state index contributed by atoms with van der Waals surface area (Å²) < 4.78 is 108. The average molecular weight is 459 g/mol. The van der Waals surface area contributed by atoms with Gasteiger partial charge >= 0.3 is 24.4 Å². The third kappa shape index (κ3) is 5.68. The smallest absolute Gasteiger partial charge is 0.451 e. The van der Waals surface area contributed by atoms with E-state index in [0.717, 1.165) is 12.1 Å². The zero-order valence-corrected chi connectivity index (χ0v) is 15.5. The van der Waals surface area contributed by atoms with E-state index in [-0.39, 0.29) is 6.61 Å². The molecule has 9 nitrogen and oxygen atoms in total. The van der Waals surface area contributed by atoms with Gasteiger partial charge in [-0.2, -0.15) is 41.3 Å². The number of sulfonamides is 1. The molecule has 30 heavy (non-hydrogen) atoms. The summed E-state index contributed by atoms with van der Waals surface area (Å²) in [6, 6.07) is 0.450. The first kappa shape index (κ1) is 23.1. The number of nitrogens with zero attached hydrogens (tertiary/aromatic N) is 3. The minimum absolute atomic E-state index is 0.143. The van der Waals surface area contributed by atoms with Crippen molar-refractivity contribution in [2.75, 3.05) is 11.9 Å². The molecule has 0 unspecified atom stereocenters. The van der Waals surface area contributed by atoms with E-state index < -0.39 is 56.6 Å². The molecular formula is C14H11F6N5O4S. The second-order valence-corrected chi connectivity index (χ2v) is 6.90. The van der Waals surface area contributed by atoms with Crippen molar-refractivity contribution in [1.82, 2.24) is 19.7 Å². The fourth-order valence-corrected chi connectivity index (χ4v) is 3.11. The quantitative estimate of drug-likeness (QED) is 0.659. The number of anilines is 1. The van der Waals surface area contributed by atoms with Crippen molar-refractivity contribution in [3.05, 3.63) is 35.7 Å². The highest BCUT2D eigenvalue weighted by atomic mass is 32.2. The first-order chi connectivity index (χ1) is 13.7. The van der Waals surface area contributed by atoms with Crippen LogP contribution in [0.25, 0.3) is 0 Å². The van der Waals surface area contributed by atoms with Gasteiger partial charge in [0.05, 0.1) is 17.1 Å². The summed E-state index contributed by atoms with van der Waals surface area (Å²) in [6.07, 6.45) is -10.1. The molecule has 0 spiro atoms. The highest BCUT2D eigenvalue weighted by Crippen LogP contribution is 2.34.